The van der Waals surface area contributed by atoms with E-state index in [1.165, 1.54) is 4.90 Å². The molecule has 7 heteroatoms. The third kappa shape index (κ3) is 5.13. The zero-order valence-corrected chi connectivity index (χ0v) is 11.5. The molecule has 1 heterocycles. The summed E-state index contributed by atoms with van der Waals surface area (Å²) in [6.45, 7) is 2.81. The summed E-state index contributed by atoms with van der Waals surface area (Å²) < 4.78 is 42.6. The lowest BCUT2D eigenvalue weighted by Crippen LogP contribution is -2.35. The molecule has 4 nitrogen and oxygen atoms in total. The molecule has 0 unspecified atom stereocenters. The normalized spacial score (nSPS) is 16.1. The van der Waals surface area contributed by atoms with Gasteiger partial charge in [-0.3, -0.25) is 4.90 Å². The molecule has 0 atom stereocenters. The topological polar surface area (TPSA) is 41.3 Å². The number of nitrogens with one attached hydrogen (secondary N) is 1. The van der Waals surface area contributed by atoms with Crippen molar-refractivity contribution >= 4 is 0 Å². The van der Waals surface area contributed by atoms with Crippen LogP contribution < -0.4 is 5.32 Å². The molecule has 0 saturated heterocycles. The van der Waals surface area contributed by atoms with Gasteiger partial charge in [-0.15, -0.1) is 0 Å². The molecule has 1 fully saturated rings. The Morgan fingerprint density at radius 2 is 2.20 bits per heavy atom. The van der Waals surface area contributed by atoms with Gasteiger partial charge in [0.25, 0.3) is 0 Å². The van der Waals surface area contributed by atoms with Crippen LogP contribution in [0.3, 0.4) is 0 Å². The first kappa shape index (κ1) is 15.3. The highest BCUT2D eigenvalue weighted by Gasteiger charge is 2.38. The van der Waals surface area contributed by atoms with E-state index >= 15 is 0 Å². The van der Waals surface area contributed by atoms with E-state index < -0.39 is 12.7 Å². The van der Waals surface area contributed by atoms with E-state index in [2.05, 4.69) is 17.4 Å². The quantitative estimate of drug-likeness (QED) is 0.748. The average molecular weight is 291 g/mol. The van der Waals surface area contributed by atoms with E-state index in [0.717, 1.165) is 31.5 Å². The summed E-state index contributed by atoms with van der Waals surface area (Å²) in [5.41, 5.74) is 0.733. The van der Waals surface area contributed by atoms with Crippen molar-refractivity contribution in [2.45, 2.75) is 51.5 Å². The lowest BCUT2D eigenvalue weighted by Gasteiger charge is -2.21. The van der Waals surface area contributed by atoms with Crippen LogP contribution >= 0.6 is 0 Å². The molecule has 0 aliphatic heterocycles. The summed E-state index contributed by atoms with van der Waals surface area (Å²) in [5, 5.41) is 7.05. The van der Waals surface area contributed by atoms with Crippen LogP contribution in [0.25, 0.3) is 0 Å². The monoisotopic (exact) mass is 291 g/mol. The number of hydrogen-bond donors (Lipinski definition) is 1. The van der Waals surface area contributed by atoms with E-state index in [9.17, 15) is 13.2 Å². The Morgan fingerprint density at radius 3 is 2.80 bits per heavy atom. The Kier molecular flexibility index (Phi) is 5.04. The molecule has 0 aromatic carbocycles. The number of alkyl halides is 3. The van der Waals surface area contributed by atoms with Gasteiger partial charge in [0.05, 0.1) is 18.8 Å². The van der Waals surface area contributed by atoms with Gasteiger partial charge in [-0.25, -0.2) is 0 Å². The molecule has 2 rings (SSSR count). The Bertz CT molecular complexity index is 415. The van der Waals surface area contributed by atoms with Crippen LogP contribution in [0.4, 0.5) is 13.2 Å². The number of nitrogens with zero attached hydrogens (tertiary/aromatic N) is 2. The second-order valence-electron chi connectivity index (χ2n) is 5.21. The SMILES string of the molecule is CCCNCc1cc(CN(CC(F)(F)F)C2CC2)on1. The summed E-state index contributed by atoms with van der Waals surface area (Å²) >= 11 is 0. The van der Waals surface area contributed by atoms with Crippen LogP contribution in [-0.4, -0.2) is 35.4 Å². The highest BCUT2D eigenvalue weighted by molar-refractivity contribution is 5.06. The van der Waals surface area contributed by atoms with Crippen molar-refractivity contribution < 1.29 is 17.7 Å². The summed E-state index contributed by atoms with van der Waals surface area (Å²) in [6.07, 6.45) is -1.50. The molecule has 1 aliphatic carbocycles. The molecule has 1 aromatic heterocycles. The van der Waals surface area contributed by atoms with Gasteiger partial charge in [-0.1, -0.05) is 12.1 Å². The fraction of sp³-hybridized carbons (Fsp3) is 0.769. The van der Waals surface area contributed by atoms with Gasteiger partial charge in [-0.05, 0) is 25.8 Å². The number of halogens is 3. The Labute approximate surface area is 116 Å². The maximum atomic E-state index is 12.5. The molecular formula is C13H20F3N3O. The van der Waals surface area contributed by atoms with Gasteiger partial charge in [0.1, 0.15) is 0 Å². The highest BCUT2D eigenvalue weighted by Crippen LogP contribution is 2.31. The third-order valence-electron chi connectivity index (χ3n) is 3.15. The zero-order valence-electron chi connectivity index (χ0n) is 11.5. The third-order valence-corrected chi connectivity index (χ3v) is 3.15. The highest BCUT2D eigenvalue weighted by atomic mass is 19.4. The first-order valence-corrected chi connectivity index (χ1v) is 6.94. The largest absolute Gasteiger partial charge is 0.401 e. The minimum Gasteiger partial charge on any atom is -0.360 e. The second kappa shape index (κ2) is 6.58. The lowest BCUT2D eigenvalue weighted by molar-refractivity contribution is -0.149. The van der Waals surface area contributed by atoms with Crippen molar-refractivity contribution in [3.05, 3.63) is 17.5 Å². The van der Waals surface area contributed by atoms with Gasteiger partial charge in [0.15, 0.2) is 5.76 Å². The summed E-state index contributed by atoms with van der Waals surface area (Å²) in [7, 11) is 0. The first-order valence-electron chi connectivity index (χ1n) is 6.94. The molecule has 0 amide bonds. The molecule has 1 N–H and O–H groups in total. The van der Waals surface area contributed by atoms with Gasteiger partial charge in [0.2, 0.25) is 0 Å². The minimum absolute atomic E-state index is 0.0309. The maximum absolute atomic E-state index is 12.5. The zero-order chi connectivity index (χ0) is 14.6. The Hall–Kier alpha value is -1.08. The van der Waals surface area contributed by atoms with Crippen LogP contribution in [0.5, 0.6) is 0 Å². The number of aromatic nitrogens is 1. The Morgan fingerprint density at radius 1 is 1.45 bits per heavy atom. The summed E-state index contributed by atoms with van der Waals surface area (Å²) in [4.78, 5) is 1.42. The minimum atomic E-state index is -4.17. The fourth-order valence-electron chi connectivity index (χ4n) is 2.09. The Balaban J connectivity index is 1.87. The van der Waals surface area contributed by atoms with Crippen molar-refractivity contribution in [2.24, 2.45) is 0 Å². The van der Waals surface area contributed by atoms with Crippen LogP contribution in [0.15, 0.2) is 10.6 Å². The smallest absolute Gasteiger partial charge is 0.360 e. The van der Waals surface area contributed by atoms with Crippen molar-refractivity contribution in [3.63, 3.8) is 0 Å². The molecule has 114 valence electrons. The summed E-state index contributed by atoms with van der Waals surface area (Å²) in [5.74, 6) is 0.495. The molecule has 0 bridgehead atoms. The van der Waals surface area contributed by atoms with Crippen molar-refractivity contribution in [1.82, 2.24) is 15.4 Å². The molecule has 0 radical (unpaired) electrons. The molecule has 1 aromatic rings. The van der Waals surface area contributed by atoms with Crippen molar-refractivity contribution in [3.8, 4) is 0 Å². The first-order chi connectivity index (χ1) is 9.48. The standard InChI is InChI=1S/C13H20F3N3O/c1-2-5-17-7-10-6-12(20-18-10)8-19(11-3-4-11)9-13(14,15)16/h6,11,17H,2-5,7-9H2,1H3. The molecular weight excluding hydrogens is 271 g/mol. The number of hydrogen-bond acceptors (Lipinski definition) is 4. The number of rotatable bonds is 8. The van der Waals surface area contributed by atoms with E-state index in [4.69, 9.17) is 4.52 Å². The fourth-order valence-corrected chi connectivity index (χ4v) is 2.09. The molecule has 1 aliphatic rings. The average Bonchev–Trinajstić information content (AvgIpc) is 3.10. The predicted molar refractivity (Wildman–Crippen MR) is 68.0 cm³/mol. The maximum Gasteiger partial charge on any atom is 0.401 e. The second-order valence-corrected chi connectivity index (χ2v) is 5.21. The van der Waals surface area contributed by atoms with Crippen molar-refractivity contribution in [1.29, 1.82) is 0 Å². The van der Waals surface area contributed by atoms with Gasteiger partial charge in [0, 0.05) is 18.7 Å². The molecule has 20 heavy (non-hydrogen) atoms. The van der Waals surface area contributed by atoms with Gasteiger partial charge < -0.3 is 9.84 Å². The molecule has 0 spiro atoms. The summed E-state index contributed by atoms with van der Waals surface area (Å²) in [6, 6.07) is 1.76. The van der Waals surface area contributed by atoms with Gasteiger partial charge >= 0.3 is 6.18 Å². The van der Waals surface area contributed by atoms with Crippen LogP contribution in [0, 0.1) is 0 Å². The van der Waals surface area contributed by atoms with E-state index in [1.54, 1.807) is 6.07 Å². The predicted octanol–water partition coefficient (Wildman–Crippen LogP) is 2.70. The molecule has 1 saturated carbocycles. The van der Waals surface area contributed by atoms with Crippen LogP contribution in [-0.2, 0) is 13.1 Å². The van der Waals surface area contributed by atoms with E-state index in [-0.39, 0.29) is 12.6 Å². The lowest BCUT2D eigenvalue weighted by atomic mass is 10.3. The van der Waals surface area contributed by atoms with Crippen molar-refractivity contribution in [2.75, 3.05) is 13.1 Å². The van der Waals surface area contributed by atoms with Crippen LogP contribution in [0.2, 0.25) is 0 Å². The van der Waals surface area contributed by atoms with E-state index in [1.807, 2.05) is 0 Å². The van der Waals surface area contributed by atoms with Crippen LogP contribution in [0.1, 0.15) is 37.6 Å². The van der Waals surface area contributed by atoms with Gasteiger partial charge in [-0.2, -0.15) is 13.2 Å². The van der Waals surface area contributed by atoms with E-state index in [0.29, 0.717) is 12.3 Å².